The zero-order valence-corrected chi connectivity index (χ0v) is 17.0. The number of carbonyl (C=O) groups is 3. The minimum Gasteiger partial charge on any atom is -0.494 e. The first-order chi connectivity index (χ1) is 13.8. The van der Waals surface area contributed by atoms with Gasteiger partial charge in [0.15, 0.2) is 0 Å². The molecule has 4 amide bonds. The van der Waals surface area contributed by atoms with Crippen LogP contribution in [0, 0.1) is 13.8 Å². The second kappa shape index (κ2) is 7.95. The number of carbonyl (C=O) groups excluding carboxylic acids is 3. The molecule has 0 spiro atoms. The Hall–Kier alpha value is -3.35. The van der Waals surface area contributed by atoms with Crippen LogP contribution in [0.5, 0.6) is 5.75 Å². The number of ether oxygens (including phenoxy) is 1. The van der Waals surface area contributed by atoms with Crippen molar-refractivity contribution in [3.05, 3.63) is 59.2 Å². The number of urea groups is 1. The predicted octanol–water partition coefficient (Wildman–Crippen LogP) is 3.11. The molecule has 3 rings (SSSR count). The summed E-state index contributed by atoms with van der Waals surface area (Å²) < 4.78 is 5.42. The second-order valence-corrected chi connectivity index (χ2v) is 7.22. The van der Waals surface area contributed by atoms with Crippen LogP contribution in [0.1, 0.15) is 30.5 Å². The van der Waals surface area contributed by atoms with Gasteiger partial charge in [0.2, 0.25) is 5.91 Å². The fraction of sp³-hybridized carbons (Fsp3) is 0.318. The molecule has 1 aliphatic heterocycles. The summed E-state index contributed by atoms with van der Waals surface area (Å²) in [6, 6.07) is 12.1. The third-order valence-electron chi connectivity index (χ3n) is 5.06. The minimum absolute atomic E-state index is 0.356. The smallest absolute Gasteiger partial charge is 0.325 e. The van der Waals surface area contributed by atoms with Crippen LogP contribution in [0.15, 0.2) is 42.5 Å². The average molecular weight is 395 g/mol. The lowest BCUT2D eigenvalue weighted by molar-refractivity contribution is -0.133. The van der Waals surface area contributed by atoms with Gasteiger partial charge in [-0.3, -0.25) is 14.5 Å². The van der Waals surface area contributed by atoms with E-state index in [1.807, 2.05) is 39.0 Å². The van der Waals surface area contributed by atoms with Crippen LogP contribution in [0.4, 0.5) is 10.5 Å². The van der Waals surface area contributed by atoms with E-state index in [0.717, 1.165) is 16.0 Å². The largest absolute Gasteiger partial charge is 0.494 e. The van der Waals surface area contributed by atoms with E-state index < -0.39 is 23.4 Å². The molecular weight excluding hydrogens is 370 g/mol. The molecule has 1 atom stereocenters. The van der Waals surface area contributed by atoms with Crippen LogP contribution in [-0.4, -0.2) is 35.9 Å². The Morgan fingerprint density at radius 1 is 1.10 bits per heavy atom. The zero-order chi connectivity index (χ0) is 21.2. The van der Waals surface area contributed by atoms with Gasteiger partial charge in [-0.15, -0.1) is 0 Å². The standard InChI is InChI=1S/C22H25N3O4/c1-5-29-17-11-9-16(10-12-17)22(4)20(27)25(21(28)24-22)13-18(26)23-19-14(2)7-6-8-15(19)3/h6-12H,5,13H2,1-4H3,(H,23,26)(H,24,28). The first kappa shape index (κ1) is 20.4. The highest BCUT2D eigenvalue weighted by Gasteiger charge is 2.49. The lowest BCUT2D eigenvalue weighted by atomic mass is 9.92. The van der Waals surface area contributed by atoms with Crippen molar-refractivity contribution in [1.82, 2.24) is 10.2 Å². The number of benzene rings is 2. The van der Waals surface area contributed by atoms with Crippen molar-refractivity contribution in [3.63, 3.8) is 0 Å². The summed E-state index contributed by atoms with van der Waals surface area (Å²) >= 11 is 0. The molecule has 0 aliphatic carbocycles. The number of aryl methyl sites for hydroxylation is 2. The Kier molecular flexibility index (Phi) is 5.59. The molecule has 7 heteroatoms. The highest BCUT2D eigenvalue weighted by atomic mass is 16.5. The van der Waals surface area contributed by atoms with E-state index in [-0.39, 0.29) is 6.54 Å². The summed E-state index contributed by atoms with van der Waals surface area (Å²) in [5.74, 6) is -0.216. The number of hydrogen-bond acceptors (Lipinski definition) is 4. The zero-order valence-electron chi connectivity index (χ0n) is 17.0. The number of hydrogen-bond donors (Lipinski definition) is 2. The number of rotatable bonds is 6. The second-order valence-electron chi connectivity index (χ2n) is 7.22. The van der Waals surface area contributed by atoms with Gasteiger partial charge in [-0.2, -0.15) is 0 Å². The van der Waals surface area contributed by atoms with Gasteiger partial charge in [-0.1, -0.05) is 30.3 Å². The molecule has 1 heterocycles. The minimum atomic E-state index is -1.24. The Bertz CT molecular complexity index is 935. The molecule has 1 fully saturated rings. The highest BCUT2D eigenvalue weighted by Crippen LogP contribution is 2.30. The van der Waals surface area contributed by atoms with Crippen LogP contribution in [0.2, 0.25) is 0 Å². The molecule has 2 N–H and O–H groups in total. The van der Waals surface area contributed by atoms with Crippen molar-refractivity contribution >= 4 is 23.5 Å². The van der Waals surface area contributed by atoms with Gasteiger partial charge in [-0.05, 0) is 56.5 Å². The summed E-state index contributed by atoms with van der Waals surface area (Å²) in [5.41, 5.74) is 1.90. The Morgan fingerprint density at radius 3 is 2.31 bits per heavy atom. The van der Waals surface area contributed by atoms with Gasteiger partial charge >= 0.3 is 6.03 Å². The number of nitrogens with one attached hydrogen (secondary N) is 2. The van der Waals surface area contributed by atoms with E-state index in [1.54, 1.807) is 31.2 Å². The molecule has 2 aromatic rings. The summed E-state index contributed by atoms with van der Waals surface area (Å²) in [7, 11) is 0. The number of imide groups is 1. The van der Waals surface area contributed by atoms with Crippen LogP contribution in [0.25, 0.3) is 0 Å². The summed E-state index contributed by atoms with van der Waals surface area (Å²) in [5, 5.41) is 5.51. The maximum Gasteiger partial charge on any atom is 0.325 e. The molecule has 152 valence electrons. The Morgan fingerprint density at radius 2 is 1.72 bits per heavy atom. The molecule has 0 aromatic heterocycles. The molecule has 1 aliphatic rings. The molecule has 2 aromatic carbocycles. The van der Waals surface area contributed by atoms with Crippen molar-refractivity contribution in [2.24, 2.45) is 0 Å². The number of nitrogens with zero attached hydrogens (tertiary/aromatic N) is 1. The van der Waals surface area contributed by atoms with Gasteiger partial charge in [0.25, 0.3) is 5.91 Å². The highest BCUT2D eigenvalue weighted by molar-refractivity contribution is 6.10. The molecule has 29 heavy (non-hydrogen) atoms. The molecule has 1 unspecified atom stereocenters. The first-order valence-electron chi connectivity index (χ1n) is 9.49. The number of para-hydroxylation sites is 1. The first-order valence-corrected chi connectivity index (χ1v) is 9.49. The van der Waals surface area contributed by atoms with E-state index in [4.69, 9.17) is 4.74 Å². The molecule has 0 saturated carbocycles. The van der Waals surface area contributed by atoms with Crippen molar-refractivity contribution in [2.45, 2.75) is 33.2 Å². The predicted molar refractivity (Wildman–Crippen MR) is 110 cm³/mol. The van der Waals surface area contributed by atoms with Crippen LogP contribution >= 0.6 is 0 Å². The van der Waals surface area contributed by atoms with Crippen LogP contribution in [0.3, 0.4) is 0 Å². The molecule has 0 radical (unpaired) electrons. The monoisotopic (exact) mass is 395 g/mol. The lowest BCUT2D eigenvalue weighted by Gasteiger charge is -2.22. The van der Waals surface area contributed by atoms with Crippen molar-refractivity contribution in [1.29, 1.82) is 0 Å². The van der Waals surface area contributed by atoms with Gasteiger partial charge < -0.3 is 15.4 Å². The van der Waals surface area contributed by atoms with E-state index in [1.165, 1.54) is 0 Å². The normalized spacial score (nSPS) is 18.6. The molecular formula is C22H25N3O4. The molecule has 1 saturated heterocycles. The van der Waals surface area contributed by atoms with Crippen molar-refractivity contribution < 1.29 is 19.1 Å². The quantitative estimate of drug-likeness (QED) is 0.736. The third kappa shape index (κ3) is 3.94. The van der Waals surface area contributed by atoms with E-state index in [2.05, 4.69) is 10.6 Å². The summed E-state index contributed by atoms with van der Waals surface area (Å²) in [6.07, 6.45) is 0. The van der Waals surface area contributed by atoms with Gasteiger partial charge in [0.1, 0.15) is 17.8 Å². The maximum atomic E-state index is 13.0. The topological polar surface area (TPSA) is 87.7 Å². The Labute approximate surface area is 170 Å². The van der Waals surface area contributed by atoms with Gasteiger partial charge in [0, 0.05) is 5.69 Å². The fourth-order valence-electron chi connectivity index (χ4n) is 3.42. The van der Waals surface area contributed by atoms with Crippen LogP contribution in [-0.2, 0) is 15.1 Å². The Balaban J connectivity index is 1.75. The van der Waals surface area contributed by atoms with Crippen molar-refractivity contribution in [2.75, 3.05) is 18.5 Å². The molecule has 7 nitrogen and oxygen atoms in total. The number of anilines is 1. The summed E-state index contributed by atoms with van der Waals surface area (Å²) in [4.78, 5) is 38.9. The summed E-state index contributed by atoms with van der Waals surface area (Å²) in [6.45, 7) is 7.48. The van der Waals surface area contributed by atoms with E-state index >= 15 is 0 Å². The van der Waals surface area contributed by atoms with E-state index in [9.17, 15) is 14.4 Å². The van der Waals surface area contributed by atoms with E-state index in [0.29, 0.717) is 23.6 Å². The lowest BCUT2D eigenvalue weighted by Crippen LogP contribution is -2.42. The maximum absolute atomic E-state index is 13.0. The number of amides is 4. The van der Waals surface area contributed by atoms with Crippen LogP contribution < -0.4 is 15.4 Å². The third-order valence-corrected chi connectivity index (χ3v) is 5.06. The SMILES string of the molecule is CCOc1ccc(C2(C)NC(=O)N(CC(=O)Nc3c(C)cccc3C)C2=O)cc1. The average Bonchev–Trinajstić information content (AvgIpc) is 2.90. The van der Waals surface area contributed by atoms with Crippen molar-refractivity contribution in [3.8, 4) is 5.75 Å². The van der Waals surface area contributed by atoms with Gasteiger partial charge in [-0.25, -0.2) is 4.79 Å². The fourth-order valence-corrected chi connectivity index (χ4v) is 3.42. The van der Waals surface area contributed by atoms with Gasteiger partial charge in [0.05, 0.1) is 6.61 Å². The molecule has 0 bridgehead atoms.